The van der Waals surface area contributed by atoms with Crippen LogP contribution in [0.1, 0.15) is 43.4 Å². The van der Waals surface area contributed by atoms with Crippen LogP contribution in [0.3, 0.4) is 0 Å². The second kappa shape index (κ2) is 8.59. The normalized spacial score (nSPS) is 11.2. The molecule has 0 aromatic heterocycles. The molecule has 6 nitrogen and oxygen atoms in total. The number of hydrogen-bond donors (Lipinski definition) is 2. The van der Waals surface area contributed by atoms with Crippen molar-refractivity contribution >= 4 is 12.1 Å². The number of rotatable bonds is 7. The van der Waals surface area contributed by atoms with E-state index in [0.29, 0.717) is 17.7 Å². The maximum Gasteiger partial charge on any atom is 0.407 e. The first kappa shape index (κ1) is 16.5. The summed E-state index contributed by atoms with van der Waals surface area (Å²) in [7, 11) is 0. The highest BCUT2D eigenvalue weighted by atomic mass is 16.5. The third-order valence-corrected chi connectivity index (χ3v) is 2.84. The van der Waals surface area contributed by atoms with E-state index < -0.39 is 18.1 Å². The van der Waals surface area contributed by atoms with Crippen molar-refractivity contribution < 1.29 is 19.4 Å². The minimum absolute atomic E-state index is 0.255. The third-order valence-electron chi connectivity index (χ3n) is 2.84. The van der Waals surface area contributed by atoms with Gasteiger partial charge >= 0.3 is 12.1 Å². The Balaban J connectivity index is 2.72. The van der Waals surface area contributed by atoms with Crippen molar-refractivity contribution in [2.24, 2.45) is 0 Å². The van der Waals surface area contributed by atoms with Crippen LogP contribution in [0.25, 0.3) is 0 Å². The standard InChI is InChI=1S/C15H18N2O4/c1-2-3-8-21-15(20)17-13(9-14(18)19)12-6-4-11(10-16)5-7-12/h4-7,13H,2-3,8-9H2,1H3,(H,17,20)(H,18,19). The minimum atomic E-state index is -1.03. The molecule has 0 saturated carbocycles. The Kier molecular flexibility index (Phi) is 6.75. The van der Waals surface area contributed by atoms with Gasteiger partial charge in [0.25, 0.3) is 0 Å². The predicted octanol–water partition coefficient (Wildman–Crippen LogP) is 2.60. The first-order valence-corrected chi connectivity index (χ1v) is 6.72. The highest BCUT2D eigenvalue weighted by Crippen LogP contribution is 2.18. The number of ether oxygens (including phenoxy) is 1. The fourth-order valence-corrected chi connectivity index (χ4v) is 1.71. The molecule has 0 aliphatic heterocycles. The van der Waals surface area contributed by atoms with Crippen molar-refractivity contribution in [2.45, 2.75) is 32.2 Å². The van der Waals surface area contributed by atoms with Gasteiger partial charge in [0.1, 0.15) is 0 Å². The van der Waals surface area contributed by atoms with Gasteiger partial charge in [-0.05, 0) is 24.1 Å². The van der Waals surface area contributed by atoms with Gasteiger partial charge in [0.05, 0.1) is 30.7 Å². The van der Waals surface area contributed by atoms with Crippen molar-refractivity contribution in [1.82, 2.24) is 5.32 Å². The first-order chi connectivity index (χ1) is 10.1. The van der Waals surface area contributed by atoms with E-state index in [4.69, 9.17) is 15.1 Å². The van der Waals surface area contributed by atoms with Gasteiger partial charge < -0.3 is 15.2 Å². The molecular formula is C15H18N2O4. The van der Waals surface area contributed by atoms with Crippen LogP contribution in [0.2, 0.25) is 0 Å². The Morgan fingerprint density at radius 1 is 1.38 bits per heavy atom. The largest absolute Gasteiger partial charge is 0.481 e. The summed E-state index contributed by atoms with van der Waals surface area (Å²) < 4.78 is 4.97. The molecule has 1 aromatic carbocycles. The molecule has 1 unspecified atom stereocenters. The number of benzene rings is 1. The molecule has 0 aliphatic rings. The Hall–Kier alpha value is -2.55. The number of nitrogens with one attached hydrogen (secondary N) is 1. The summed E-state index contributed by atoms with van der Waals surface area (Å²) in [6, 6.07) is 7.69. The Bertz CT molecular complexity index is 519. The number of nitriles is 1. The van der Waals surface area contributed by atoms with E-state index in [0.717, 1.165) is 12.8 Å². The SMILES string of the molecule is CCCCOC(=O)NC(CC(=O)O)c1ccc(C#N)cc1. The van der Waals surface area contributed by atoms with Gasteiger partial charge in [-0.25, -0.2) is 4.79 Å². The van der Waals surface area contributed by atoms with Crippen LogP contribution in [0.15, 0.2) is 24.3 Å². The molecule has 1 atom stereocenters. The molecule has 0 saturated heterocycles. The molecule has 0 heterocycles. The number of carboxylic acid groups (broad SMARTS) is 1. The summed E-state index contributed by atoms with van der Waals surface area (Å²) in [6.07, 6.45) is 0.767. The van der Waals surface area contributed by atoms with Gasteiger partial charge in [0, 0.05) is 0 Å². The second-order valence-electron chi connectivity index (χ2n) is 4.52. The highest BCUT2D eigenvalue weighted by Gasteiger charge is 2.18. The van der Waals surface area contributed by atoms with Gasteiger partial charge in [0.15, 0.2) is 0 Å². The molecule has 0 radical (unpaired) electrons. The number of carbonyl (C=O) groups excluding carboxylic acids is 1. The van der Waals surface area contributed by atoms with Gasteiger partial charge in [-0.3, -0.25) is 4.79 Å². The molecule has 2 N–H and O–H groups in total. The zero-order valence-corrected chi connectivity index (χ0v) is 11.8. The van der Waals surface area contributed by atoms with E-state index in [-0.39, 0.29) is 6.42 Å². The fraction of sp³-hybridized carbons (Fsp3) is 0.400. The van der Waals surface area contributed by atoms with Crippen LogP contribution in [0.5, 0.6) is 0 Å². The summed E-state index contributed by atoms with van der Waals surface area (Å²) in [4.78, 5) is 22.5. The molecule has 0 spiro atoms. The smallest absolute Gasteiger partial charge is 0.407 e. The van der Waals surface area contributed by atoms with Crippen molar-refractivity contribution in [3.05, 3.63) is 35.4 Å². The monoisotopic (exact) mass is 290 g/mol. The van der Waals surface area contributed by atoms with E-state index >= 15 is 0 Å². The average Bonchev–Trinajstić information content (AvgIpc) is 2.46. The fourth-order valence-electron chi connectivity index (χ4n) is 1.71. The molecule has 0 bridgehead atoms. The van der Waals surface area contributed by atoms with Crippen LogP contribution in [-0.4, -0.2) is 23.8 Å². The summed E-state index contributed by atoms with van der Waals surface area (Å²) in [5.41, 5.74) is 1.09. The Labute approximate surface area is 123 Å². The molecular weight excluding hydrogens is 272 g/mol. The lowest BCUT2D eigenvalue weighted by atomic mass is 10.0. The van der Waals surface area contributed by atoms with Crippen molar-refractivity contribution in [2.75, 3.05) is 6.61 Å². The number of nitrogens with zero attached hydrogens (tertiary/aromatic N) is 1. The number of amides is 1. The molecule has 112 valence electrons. The average molecular weight is 290 g/mol. The second-order valence-corrected chi connectivity index (χ2v) is 4.52. The zero-order valence-electron chi connectivity index (χ0n) is 11.8. The van der Waals surface area contributed by atoms with Crippen molar-refractivity contribution in [3.8, 4) is 6.07 Å². The maximum absolute atomic E-state index is 11.6. The van der Waals surface area contributed by atoms with Gasteiger partial charge in [-0.1, -0.05) is 25.5 Å². The van der Waals surface area contributed by atoms with Crippen molar-refractivity contribution in [3.63, 3.8) is 0 Å². The number of carbonyl (C=O) groups is 2. The summed E-state index contributed by atoms with van der Waals surface area (Å²) >= 11 is 0. The Morgan fingerprint density at radius 3 is 2.57 bits per heavy atom. The predicted molar refractivity (Wildman–Crippen MR) is 75.5 cm³/mol. The molecule has 0 aliphatic carbocycles. The number of alkyl carbamates (subject to hydrolysis) is 1. The molecule has 1 amide bonds. The van der Waals surface area contributed by atoms with Crippen LogP contribution in [0, 0.1) is 11.3 Å². The number of aliphatic carboxylic acids is 1. The van der Waals surface area contributed by atoms with Gasteiger partial charge in [-0.2, -0.15) is 5.26 Å². The van der Waals surface area contributed by atoms with Crippen LogP contribution >= 0.6 is 0 Å². The van der Waals surface area contributed by atoms with Crippen LogP contribution < -0.4 is 5.32 Å². The number of hydrogen-bond acceptors (Lipinski definition) is 4. The quantitative estimate of drug-likeness (QED) is 0.752. The van der Waals surface area contributed by atoms with E-state index in [2.05, 4.69) is 5.32 Å². The number of carboxylic acids is 1. The van der Waals surface area contributed by atoms with Crippen LogP contribution in [0.4, 0.5) is 4.79 Å². The van der Waals surface area contributed by atoms with Crippen LogP contribution in [-0.2, 0) is 9.53 Å². The maximum atomic E-state index is 11.6. The van der Waals surface area contributed by atoms with E-state index in [9.17, 15) is 9.59 Å². The third kappa shape index (κ3) is 5.95. The first-order valence-electron chi connectivity index (χ1n) is 6.72. The summed E-state index contributed by atoms with van der Waals surface area (Å²) in [6.45, 7) is 2.28. The lowest BCUT2D eigenvalue weighted by Gasteiger charge is -2.17. The van der Waals surface area contributed by atoms with E-state index in [1.165, 1.54) is 0 Å². The molecule has 1 rings (SSSR count). The van der Waals surface area contributed by atoms with E-state index in [1.54, 1.807) is 24.3 Å². The summed E-state index contributed by atoms with van der Waals surface area (Å²) in [5, 5.41) is 20.2. The lowest BCUT2D eigenvalue weighted by Crippen LogP contribution is -2.31. The minimum Gasteiger partial charge on any atom is -0.481 e. The lowest BCUT2D eigenvalue weighted by molar-refractivity contribution is -0.137. The van der Waals surface area contributed by atoms with Gasteiger partial charge in [-0.15, -0.1) is 0 Å². The number of unbranched alkanes of at least 4 members (excludes halogenated alkanes) is 1. The molecule has 21 heavy (non-hydrogen) atoms. The Morgan fingerprint density at radius 2 is 2.05 bits per heavy atom. The molecule has 6 heteroatoms. The van der Waals surface area contributed by atoms with Crippen molar-refractivity contribution in [1.29, 1.82) is 5.26 Å². The molecule has 1 aromatic rings. The molecule has 0 fully saturated rings. The van der Waals surface area contributed by atoms with Gasteiger partial charge in [0.2, 0.25) is 0 Å². The summed E-state index contributed by atoms with van der Waals surface area (Å²) in [5.74, 6) is -1.03. The van der Waals surface area contributed by atoms with E-state index in [1.807, 2.05) is 13.0 Å². The zero-order chi connectivity index (χ0) is 15.7. The topological polar surface area (TPSA) is 99.4 Å². The highest BCUT2D eigenvalue weighted by molar-refractivity contribution is 5.72.